The lowest BCUT2D eigenvalue weighted by Gasteiger charge is -2.21. The molecule has 0 unspecified atom stereocenters. The van der Waals surface area contributed by atoms with Crippen molar-refractivity contribution in [2.45, 2.75) is 45.1 Å². The number of nitrogens with one attached hydrogen (secondary N) is 1. The summed E-state index contributed by atoms with van der Waals surface area (Å²) in [6.45, 7) is 3.66. The van der Waals surface area contributed by atoms with Crippen LogP contribution in [0.2, 0.25) is 0 Å². The summed E-state index contributed by atoms with van der Waals surface area (Å²) in [5, 5.41) is 12.2. The van der Waals surface area contributed by atoms with Gasteiger partial charge >= 0.3 is 0 Å². The molecule has 0 heterocycles. The Balaban J connectivity index is 2.04. The molecule has 0 aromatic heterocycles. The third kappa shape index (κ3) is 4.77. The number of aliphatic hydroxyl groups excluding tert-OH is 1. The van der Waals surface area contributed by atoms with Gasteiger partial charge in [-0.3, -0.25) is 0 Å². The van der Waals surface area contributed by atoms with Crippen LogP contribution in [0.25, 0.3) is 0 Å². The molecule has 14 heavy (non-hydrogen) atoms. The van der Waals surface area contributed by atoms with Crippen molar-refractivity contribution in [2.24, 2.45) is 5.92 Å². The van der Waals surface area contributed by atoms with E-state index in [9.17, 15) is 0 Å². The van der Waals surface area contributed by atoms with Crippen molar-refractivity contribution in [1.82, 2.24) is 5.32 Å². The zero-order chi connectivity index (χ0) is 10.2. The second-order valence-corrected chi connectivity index (χ2v) is 4.33. The molecule has 2 nitrogen and oxygen atoms in total. The minimum atomic E-state index is 0.318. The molecule has 1 aliphatic rings. The summed E-state index contributed by atoms with van der Waals surface area (Å²) in [6.07, 6.45) is 10.4. The minimum absolute atomic E-state index is 0.318. The molecule has 0 fully saturated rings. The summed E-state index contributed by atoms with van der Waals surface area (Å²) in [4.78, 5) is 0. The van der Waals surface area contributed by atoms with Gasteiger partial charge in [0.1, 0.15) is 0 Å². The Labute approximate surface area is 87.4 Å². The van der Waals surface area contributed by atoms with Crippen LogP contribution in [-0.2, 0) is 0 Å². The zero-order valence-corrected chi connectivity index (χ0v) is 9.21. The summed E-state index contributed by atoms with van der Waals surface area (Å²) in [7, 11) is 0. The standard InChI is InChI=1S/C12H23NO/c1-11(6-5-9-14)13-10-12-7-3-2-4-8-12/h2-3,11-14H,4-10H2,1H3/t11-,12+/m0/s1. The van der Waals surface area contributed by atoms with Gasteiger partial charge in [0, 0.05) is 12.6 Å². The first kappa shape index (κ1) is 11.7. The van der Waals surface area contributed by atoms with E-state index in [-0.39, 0.29) is 0 Å². The van der Waals surface area contributed by atoms with Crippen LogP contribution in [0, 0.1) is 5.92 Å². The number of hydrogen-bond donors (Lipinski definition) is 2. The van der Waals surface area contributed by atoms with E-state index in [4.69, 9.17) is 5.11 Å². The molecule has 0 aliphatic heterocycles. The third-order valence-electron chi connectivity index (χ3n) is 2.93. The van der Waals surface area contributed by atoms with Gasteiger partial charge in [-0.05, 0) is 51.5 Å². The summed E-state index contributed by atoms with van der Waals surface area (Å²) in [5.41, 5.74) is 0. The molecule has 0 amide bonds. The second-order valence-electron chi connectivity index (χ2n) is 4.33. The first-order valence-electron chi connectivity index (χ1n) is 5.82. The Bertz CT molecular complexity index is 168. The molecule has 0 radical (unpaired) electrons. The van der Waals surface area contributed by atoms with Crippen LogP contribution in [0.3, 0.4) is 0 Å². The normalized spacial score (nSPS) is 23.7. The van der Waals surface area contributed by atoms with Crippen molar-refractivity contribution in [1.29, 1.82) is 0 Å². The molecular weight excluding hydrogens is 174 g/mol. The Morgan fingerprint density at radius 1 is 1.50 bits per heavy atom. The maximum Gasteiger partial charge on any atom is 0.0431 e. The van der Waals surface area contributed by atoms with E-state index in [1.165, 1.54) is 19.3 Å². The van der Waals surface area contributed by atoms with Crippen LogP contribution in [0.4, 0.5) is 0 Å². The molecule has 0 aromatic carbocycles. The number of rotatable bonds is 6. The van der Waals surface area contributed by atoms with Gasteiger partial charge in [0.15, 0.2) is 0 Å². The monoisotopic (exact) mass is 197 g/mol. The predicted octanol–water partition coefficient (Wildman–Crippen LogP) is 2.09. The lowest BCUT2D eigenvalue weighted by molar-refractivity contribution is 0.274. The number of hydrogen-bond acceptors (Lipinski definition) is 2. The molecule has 0 saturated heterocycles. The topological polar surface area (TPSA) is 32.3 Å². The van der Waals surface area contributed by atoms with Gasteiger partial charge < -0.3 is 10.4 Å². The Kier molecular flexibility index (Phi) is 5.88. The molecule has 1 aliphatic carbocycles. The fourth-order valence-corrected chi connectivity index (χ4v) is 1.91. The zero-order valence-electron chi connectivity index (χ0n) is 9.21. The quantitative estimate of drug-likeness (QED) is 0.639. The maximum atomic E-state index is 8.70. The average molecular weight is 197 g/mol. The van der Waals surface area contributed by atoms with Crippen LogP contribution in [-0.4, -0.2) is 24.3 Å². The van der Waals surface area contributed by atoms with Gasteiger partial charge in [0.2, 0.25) is 0 Å². The SMILES string of the molecule is C[C@@H](CCCO)NC[C@@H]1CC=CCC1. The fraction of sp³-hybridized carbons (Fsp3) is 0.833. The van der Waals surface area contributed by atoms with E-state index in [2.05, 4.69) is 24.4 Å². The minimum Gasteiger partial charge on any atom is -0.396 e. The van der Waals surface area contributed by atoms with Crippen molar-refractivity contribution in [3.05, 3.63) is 12.2 Å². The highest BCUT2D eigenvalue weighted by Crippen LogP contribution is 2.17. The molecule has 0 bridgehead atoms. The average Bonchev–Trinajstić information content (AvgIpc) is 2.25. The van der Waals surface area contributed by atoms with Gasteiger partial charge in [-0.1, -0.05) is 12.2 Å². The third-order valence-corrected chi connectivity index (χ3v) is 2.93. The van der Waals surface area contributed by atoms with Gasteiger partial charge in [-0.15, -0.1) is 0 Å². The van der Waals surface area contributed by atoms with Gasteiger partial charge in [-0.2, -0.15) is 0 Å². The van der Waals surface area contributed by atoms with Crippen molar-refractivity contribution in [3.63, 3.8) is 0 Å². The van der Waals surface area contributed by atoms with E-state index < -0.39 is 0 Å². The molecule has 1 rings (SSSR count). The maximum absolute atomic E-state index is 8.70. The van der Waals surface area contributed by atoms with Crippen LogP contribution in [0.1, 0.15) is 39.0 Å². The summed E-state index contributed by atoms with van der Waals surface area (Å²) in [5.74, 6) is 0.830. The lowest BCUT2D eigenvalue weighted by atomic mass is 9.94. The van der Waals surface area contributed by atoms with Gasteiger partial charge in [-0.25, -0.2) is 0 Å². The Hall–Kier alpha value is -0.340. The van der Waals surface area contributed by atoms with E-state index >= 15 is 0 Å². The number of aliphatic hydroxyl groups is 1. The molecule has 2 heteroatoms. The van der Waals surface area contributed by atoms with E-state index in [0.29, 0.717) is 12.6 Å². The van der Waals surface area contributed by atoms with Crippen molar-refractivity contribution >= 4 is 0 Å². The lowest BCUT2D eigenvalue weighted by Crippen LogP contribution is -2.31. The second kappa shape index (κ2) is 7.02. The van der Waals surface area contributed by atoms with E-state index in [1.807, 2.05) is 0 Å². The van der Waals surface area contributed by atoms with Crippen LogP contribution in [0.15, 0.2) is 12.2 Å². The molecular formula is C12H23NO. The highest BCUT2D eigenvalue weighted by Gasteiger charge is 2.10. The Morgan fingerprint density at radius 2 is 2.36 bits per heavy atom. The fourth-order valence-electron chi connectivity index (χ4n) is 1.91. The molecule has 2 atom stereocenters. The van der Waals surface area contributed by atoms with E-state index in [1.54, 1.807) is 0 Å². The molecule has 0 spiro atoms. The van der Waals surface area contributed by atoms with Crippen molar-refractivity contribution < 1.29 is 5.11 Å². The summed E-state index contributed by atoms with van der Waals surface area (Å²) in [6, 6.07) is 0.549. The van der Waals surface area contributed by atoms with Crippen LogP contribution in [0.5, 0.6) is 0 Å². The van der Waals surface area contributed by atoms with Crippen LogP contribution < -0.4 is 5.32 Å². The molecule has 0 saturated carbocycles. The first-order chi connectivity index (χ1) is 6.83. The smallest absolute Gasteiger partial charge is 0.0431 e. The predicted molar refractivity (Wildman–Crippen MR) is 60.3 cm³/mol. The van der Waals surface area contributed by atoms with Crippen molar-refractivity contribution in [2.75, 3.05) is 13.2 Å². The van der Waals surface area contributed by atoms with Crippen molar-refractivity contribution in [3.8, 4) is 0 Å². The Morgan fingerprint density at radius 3 is 3.00 bits per heavy atom. The summed E-state index contributed by atoms with van der Waals surface area (Å²) < 4.78 is 0. The molecule has 82 valence electrons. The molecule has 2 N–H and O–H groups in total. The van der Waals surface area contributed by atoms with E-state index in [0.717, 1.165) is 25.3 Å². The van der Waals surface area contributed by atoms with Crippen LogP contribution >= 0.6 is 0 Å². The highest BCUT2D eigenvalue weighted by atomic mass is 16.2. The summed E-state index contributed by atoms with van der Waals surface area (Å²) >= 11 is 0. The van der Waals surface area contributed by atoms with Gasteiger partial charge in [0.25, 0.3) is 0 Å². The highest BCUT2D eigenvalue weighted by molar-refractivity contribution is 4.90. The van der Waals surface area contributed by atoms with Gasteiger partial charge in [0.05, 0.1) is 0 Å². The molecule has 0 aromatic rings. The first-order valence-corrected chi connectivity index (χ1v) is 5.82. The number of allylic oxidation sites excluding steroid dienone is 2. The largest absolute Gasteiger partial charge is 0.396 e.